The number of rotatable bonds is 5. The van der Waals surface area contributed by atoms with Crippen molar-refractivity contribution in [2.45, 2.75) is 56.9 Å². The molecule has 6 amide bonds. The number of urea groups is 1. The quantitative estimate of drug-likeness (QED) is 0.532. The van der Waals surface area contributed by atoms with Crippen LogP contribution in [0, 0.1) is 17.8 Å². The normalized spacial score (nSPS) is 32.4. The van der Waals surface area contributed by atoms with Crippen LogP contribution in [-0.2, 0) is 19.2 Å². The van der Waals surface area contributed by atoms with Gasteiger partial charge in [0.15, 0.2) is 0 Å². The molecule has 1 aromatic carbocycles. The Kier molecular flexibility index (Phi) is 4.79. The fourth-order valence-corrected chi connectivity index (χ4v) is 7.42. The number of benzene rings is 1. The first-order chi connectivity index (χ1) is 16.3. The van der Waals surface area contributed by atoms with Gasteiger partial charge >= 0.3 is 17.8 Å². The molecular weight excluding hydrogens is 436 g/mol. The Balaban J connectivity index is 1.16. The van der Waals surface area contributed by atoms with Crippen molar-refractivity contribution in [3.05, 3.63) is 24.3 Å². The Labute approximate surface area is 197 Å². The second-order valence-corrected chi connectivity index (χ2v) is 10.7. The minimum absolute atomic E-state index is 0.0417. The number of hydrogen-bond donors (Lipinski definition) is 1. The first-order valence-corrected chi connectivity index (χ1v) is 12.2. The van der Waals surface area contributed by atoms with E-state index in [9.17, 15) is 24.0 Å². The van der Waals surface area contributed by atoms with E-state index in [0.717, 1.165) is 49.8 Å². The van der Waals surface area contributed by atoms with Gasteiger partial charge in [-0.05, 0) is 80.9 Å². The van der Waals surface area contributed by atoms with Gasteiger partial charge in [0.1, 0.15) is 6.54 Å². The molecule has 34 heavy (non-hydrogen) atoms. The monoisotopic (exact) mass is 464 g/mol. The van der Waals surface area contributed by atoms with Crippen molar-refractivity contribution in [3.63, 3.8) is 0 Å². The number of carbonyl (C=O) groups is 5. The van der Waals surface area contributed by atoms with Gasteiger partial charge in [-0.25, -0.2) is 14.6 Å². The van der Waals surface area contributed by atoms with Crippen molar-refractivity contribution in [2.75, 3.05) is 23.3 Å². The molecule has 1 N–H and O–H groups in total. The maximum absolute atomic E-state index is 13.3. The SMILES string of the molecule is O=C(CN1C(=O)C(=O)N(C23CC4CC(CC(C4)C2)C3)C1=O)Nc1cccc(N2CCCC2=O)c1. The molecule has 9 nitrogen and oxygen atoms in total. The van der Waals surface area contributed by atoms with Crippen LogP contribution in [0.4, 0.5) is 16.2 Å². The lowest BCUT2D eigenvalue weighted by Gasteiger charge is -2.58. The van der Waals surface area contributed by atoms with Gasteiger partial charge in [0.05, 0.1) is 5.54 Å². The van der Waals surface area contributed by atoms with Gasteiger partial charge in [0.2, 0.25) is 11.8 Å². The number of nitrogens with zero attached hydrogens (tertiary/aromatic N) is 3. The molecule has 2 heterocycles. The number of anilines is 2. The van der Waals surface area contributed by atoms with Gasteiger partial charge in [-0.1, -0.05) is 6.07 Å². The minimum Gasteiger partial charge on any atom is -0.324 e. The summed E-state index contributed by atoms with van der Waals surface area (Å²) in [6.07, 6.45) is 7.06. The Hall–Kier alpha value is -3.23. The van der Waals surface area contributed by atoms with Gasteiger partial charge in [0, 0.05) is 24.3 Å². The molecule has 2 saturated heterocycles. The van der Waals surface area contributed by atoms with Crippen LogP contribution in [-0.4, -0.2) is 58.1 Å². The molecular formula is C25H28N4O5. The van der Waals surface area contributed by atoms with Gasteiger partial charge in [-0.15, -0.1) is 0 Å². The minimum atomic E-state index is -0.924. The first-order valence-electron chi connectivity index (χ1n) is 12.2. The second kappa shape index (κ2) is 7.65. The number of carbonyl (C=O) groups excluding carboxylic acids is 5. The molecule has 178 valence electrons. The standard InChI is InChI=1S/C25H28N4O5/c30-20(26-18-3-1-4-19(10-18)27-6-2-5-21(27)31)14-28-22(32)23(33)29(24(28)34)25-11-15-7-16(12-25)9-17(8-15)13-25/h1,3-4,10,15-17H,2,5-9,11-14H2,(H,26,30). The van der Waals surface area contributed by atoms with Crippen molar-refractivity contribution in [3.8, 4) is 0 Å². The van der Waals surface area contributed by atoms with E-state index in [1.807, 2.05) is 0 Å². The number of imide groups is 2. The molecule has 0 spiro atoms. The van der Waals surface area contributed by atoms with Gasteiger partial charge in [0.25, 0.3) is 0 Å². The topological polar surface area (TPSA) is 107 Å². The molecule has 4 bridgehead atoms. The lowest BCUT2D eigenvalue weighted by molar-refractivity contribution is -0.150. The van der Waals surface area contributed by atoms with Crippen molar-refractivity contribution >= 4 is 41.0 Å². The Morgan fingerprint density at radius 3 is 2.26 bits per heavy atom. The highest BCUT2D eigenvalue weighted by atomic mass is 16.2. The van der Waals surface area contributed by atoms with E-state index in [1.165, 1.54) is 4.90 Å². The van der Waals surface area contributed by atoms with Crippen LogP contribution >= 0.6 is 0 Å². The zero-order chi connectivity index (χ0) is 23.6. The number of nitrogens with one attached hydrogen (secondary N) is 1. The van der Waals surface area contributed by atoms with Crippen LogP contribution in [0.25, 0.3) is 0 Å². The van der Waals surface area contributed by atoms with E-state index in [1.54, 1.807) is 29.2 Å². The maximum atomic E-state index is 13.3. The first kappa shape index (κ1) is 21.3. The lowest BCUT2D eigenvalue weighted by Crippen LogP contribution is -2.62. The molecule has 0 aromatic heterocycles. The summed E-state index contributed by atoms with van der Waals surface area (Å²) in [4.78, 5) is 67.4. The third-order valence-corrected chi connectivity index (χ3v) is 8.35. The molecule has 0 radical (unpaired) electrons. The predicted molar refractivity (Wildman–Crippen MR) is 122 cm³/mol. The van der Waals surface area contributed by atoms with Crippen LogP contribution in [0.1, 0.15) is 51.4 Å². The highest BCUT2D eigenvalue weighted by Gasteiger charge is 2.61. The van der Waals surface area contributed by atoms with Gasteiger partial charge in [-0.3, -0.25) is 19.2 Å². The van der Waals surface area contributed by atoms with Crippen LogP contribution in [0.3, 0.4) is 0 Å². The van der Waals surface area contributed by atoms with Gasteiger partial charge < -0.3 is 10.2 Å². The van der Waals surface area contributed by atoms with E-state index in [-0.39, 0.29) is 5.91 Å². The zero-order valence-electron chi connectivity index (χ0n) is 19.0. The number of amides is 6. The summed E-state index contributed by atoms with van der Waals surface area (Å²) in [6.45, 7) is 0.119. The summed E-state index contributed by atoms with van der Waals surface area (Å²) in [5.41, 5.74) is 0.586. The molecule has 1 aromatic rings. The summed E-state index contributed by atoms with van der Waals surface area (Å²) in [5.74, 6) is -0.717. The third-order valence-electron chi connectivity index (χ3n) is 8.35. The molecule has 0 atom stereocenters. The summed E-state index contributed by atoms with van der Waals surface area (Å²) >= 11 is 0. The maximum Gasteiger partial charge on any atom is 0.335 e. The molecule has 4 saturated carbocycles. The van der Waals surface area contributed by atoms with E-state index >= 15 is 0 Å². The fraction of sp³-hybridized carbons (Fsp3) is 0.560. The predicted octanol–water partition coefficient (Wildman–Crippen LogP) is 2.51. The average molecular weight is 465 g/mol. The Bertz CT molecular complexity index is 1080. The Morgan fingerprint density at radius 2 is 1.65 bits per heavy atom. The highest BCUT2D eigenvalue weighted by Crippen LogP contribution is 2.58. The van der Waals surface area contributed by atoms with E-state index in [4.69, 9.17) is 0 Å². The van der Waals surface area contributed by atoms with Gasteiger partial charge in [-0.2, -0.15) is 0 Å². The smallest absolute Gasteiger partial charge is 0.324 e. The molecule has 2 aliphatic heterocycles. The molecule has 0 unspecified atom stereocenters. The second-order valence-electron chi connectivity index (χ2n) is 10.7. The summed E-state index contributed by atoms with van der Waals surface area (Å²) in [5, 5.41) is 2.70. The zero-order valence-corrected chi connectivity index (χ0v) is 19.0. The Morgan fingerprint density at radius 1 is 0.971 bits per heavy atom. The number of hydrogen-bond acceptors (Lipinski definition) is 5. The lowest BCUT2D eigenvalue weighted by atomic mass is 9.52. The van der Waals surface area contributed by atoms with Crippen LogP contribution in [0.2, 0.25) is 0 Å². The summed E-state index contributed by atoms with van der Waals surface area (Å²) in [6, 6.07) is 6.25. The third kappa shape index (κ3) is 3.32. The summed E-state index contributed by atoms with van der Waals surface area (Å²) < 4.78 is 0. The van der Waals surface area contributed by atoms with Crippen molar-refractivity contribution in [2.24, 2.45) is 17.8 Å². The molecule has 9 heteroatoms. The van der Waals surface area contributed by atoms with Crippen molar-refractivity contribution < 1.29 is 24.0 Å². The van der Waals surface area contributed by atoms with E-state index in [0.29, 0.717) is 42.1 Å². The molecule has 7 rings (SSSR count). The highest BCUT2D eigenvalue weighted by molar-refractivity contribution is 6.45. The fourth-order valence-electron chi connectivity index (χ4n) is 7.42. The van der Waals surface area contributed by atoms with Crippen LogP contribution in [0.15, 0.2) is 24.3 Å². The van der Waals surface area contributed by atoms with Crippen LogP contribution in [0.5, 0.6) is 0 Å². The van der Waals surface area contributed by atoms with E-state index < -0.39 is 35.8 Å². The summed E-state index contributed by atoms with van der Waals surface area (Å²) in [7, 11) is 0. The van der Waals surface area contributed by atoms with Crippen LogP contribution < -0.4 is 10.2 Å². The van der Waals surface area contributed by atoms with Crippen molar-refractivity contribution in [1.82, 2.24) is 9.80 Å². The largest absolute Gasteiger partial charge is 0.335 e. The molecule has 6 aliphatic rings. The average Bonchev–Trinajstić information content (AvgIpc) is 3.30. The molecule has 4 aliphatic carbocycles. The van der Waals surface area contributed by atoms with Crippen molar-refractivity contribution in [1.29, 1.82) is 0 Å². The van der Waals surface area contributed by atoms with E-state index in [2.05, 4.69) is 5.32 Å². The molecule has 6 fully saturated rings.